The third-order valence-corrected chi connectivity index (χ3v) is 3.34. The number of nitrogens with one attached hydrogen (secondary N) is 1. The Kier molecular flexibility index (Phi) is 4.93. The SMILES string of the molecule is CNCc1cc(F)cnc1OC1CCCCCC1. The fourth-order valence-corrected chi connectivity index (χ4v) is 2.41. The molecule has 0 radical (unpaired) electrons. The zero-order chi connectivity index (χ0) is 12.8. The van der Waals surface area contributed by atoms with Crippen LogP contribution in [-0.4, -0.2) is 18.1 Å². The minimum atomic E-state index is -0.312. The van der Waals surface area contributed by atoms with Crippen molar-refractivity contribution in [2.24, 2.45) is 0 Å². The summed E-state index contributed by atoms with van der Waals surface area (Å²) in [5.41, 5.74) is 0.793. The maximum absolute atomic E-state index is 13.2. The van der Waals surface area contributed by atoms with Crippen LogP contribution in [0.1, 0.15) is 44.1 Å². The minimum Gasteiger partial charge on any atom is -0.474 e. The van der Waals surface area contributed by atoms with Crippen molar-refractivity contribution < 1.29 is 9.13 Å². The Bertz CT molecular complexity index is 376. The average Bonchev–Trinajstić information content (AvgIpc) is 2.61. The molecule has 1 saturated carbocycles. The highest BCUT2D eigenvalue weighted by Crippen LogP contribution is 2.24. The van der Waals surface area contributed by atoms with E-state index < -0.39 is 0 Å². The van der Waals surface area contributed by atoms with Crippen molar-refractivity contribution in [3.8, 4) is 5.88 Å². The number of ether oxygens (including phenoxy) is 1. The summed E-state index contributed by atoms with van der Waals surface area (Å²) in [5.74, 6) is 0.270. The number of nitrogens with zero attached hydrogens (tertiary/aromatic N) is 1. The van der Waals surface area contributed by atoms with Gasteiger partial charge >= 0.3 is 0 Å². The molecule has 0 saturated heterocycles. The van der Waals surface area contributed by atoms with Gasteiger partial charge in [-0.15, -0.1) is 0 Å². The van der Waals surface area contributed by atoms with Crippen molar-refractivity contribution in [3.05, 3.63) is 23.6 Å². The quantitative estimate of drug-likeness (QED) is 0.836. The Labute approximate surface area is 108 Å². The van der Waals surface area contributed by atoms with Gasteiger partial charge in [0.15, 0.2) is 0 Å². The summed E-state index contributed by atoms with van der Waals surface area (Å²) in [5, 5.41) is 3.01. The molecule has 1 aliphatic rings. The second kappa shape index (κ2) is 6.69. The second-order valence-electron chi connectivity index (χ2n) is 4.88. The lowest BCUT2D eigenvalue weighted by atomic mass is 10.1. The molecule has 2 rings (SSSR count). The third-order valence-electron chi connectivity index (χ3n) is 3.34. The van der Waals surface area contributed by atoms with E-state index in [1.807, 2.05) is 7.05 Å². The van der Waals surface area contributed by atoms with Gasteiger partial charge in [0.25, 0.3) is 0 Å². The summed E-state index contributed by atoms with van der Waals surface area (Å²) in [6, 6.07) is 1.50. The predicted octanol–water partition coefficient (Wildman–Crippen LogP) is 3.04. The first-order valence-corrected chi connectivity index (χ1v) is 6.75. The van der Waals surface area contributed by atoms with E-state index in [-0.39, 0.29) is 11.9 Å². The maximum atomic E-state index is 13.2. The highest BCUT2D eigenvalue weighted by atomic mass is 19.1. The smallest absolute Gasteiger partial charge is 0.218 e. The highest BCUT2D eigenvalue weighted by Gasteiger charge is 2.16. The number of pyridine rings is 1. The van der Waals surface area contributed by atoms with Gasteiger partial charge in [-0.3, -0.25) is 0 Å². The molecule has 1 aliphatic carbocycles. The van der Waals surface area contributed by atoms with Gasteiger partial charge in [-0.25, -0.2) is 9.37 Å². The van der Waals surface area contributed by atoms with Gasteiger partial charge in [-0.05, 0) is 38.8 Å². The lowest BCUT2D eigenvalue weighted by Crippen LogP contribution is -2.18. The first kappa shape index (κ1) is 13.3. The van der Waals surface area contributed by atoms with Gasteiger partial charge in [-0.2, -0.15) is 0 Å². The van der Waals surface area contributed by atoms with E-state index in [9.17, 15) is 4.39 Å². The molecule has 0 amide bonds. The molecular formula is C14H21FN2O. The van der Waals surface area contributed by atoms with Gasteiger partial charge in [0.1, 0.15) is 11.9 Å². The normalized spacial score (nSPS) is 17.4. The van der Waals surface area contributed by atoms with E-state index >= 15 is 0 Å². The van der Waals surface area contributed by atoms with Crippen molar-refractivity contribution in [1.82, 2.24) is 10.3 Å². The molecule has 0 atom stereocenters. The Balaban J connectivity index is 2.06. The molecule has 100 valence electrons. The zero-order valence-corrected chi connectivity index (χ0v) is 10.9. The zero-order valence-electron chi connectivity index (χ0n) is 10.9. The van der Waals surface area contributed by atoms with Crippen molar-refractivity contribution in [3.63, 3.8) is 0 Å². The fraction of sp³-hybridized carbons (Fsp3) is 0.643. The molecular weight excluding hydrogens is 231 g/mol. The van der Waals surface area contributed by atoms with Crippen LogP contribution in [0, 0.1) is 5.82 Å². The molecule has 4 heteroatoms. The Morgan fingerprint density at radius 1 is 1.33 bits per heavy atom. The number of hydrogen-bond donors (Lipinski definition) is 1. The van der Waals surface area contributed by atoms with E-state index in [1.54, 1.807) is 0 Å². The van der Waals surface area contributed by atoms with Crippen LogP contribution in [0.4, 0.5) is 4.39 Å². The molecule has 0 aromatic carbocycles. The fourth-order valence-electron chi connectivity index (χ4n) is 2.41. The van der Waals surface area contributed by atoms with Gasteiger partial charge in [-0.1, -0.05) is 12.8 Å². The molecule has 18 heavy (non-hydrogen) atoms. The van der Waals surface area contributed by atoms with E-state index in [4.69, 9.17) is 4.74 Å². The summed E-state index contributed by atoms with van der Waals surface area (Å²) in [4.78, 5) is 4.08. The summed E-state index contributed by atoms with van der Waals surface area (Å²) in [6.07, 6.45) is 8.64. The summed E-state index contributed by atoms with van der Waals surface area (Å²) >= 11 is 0. The standard InChI is InChI=1S/C14H21FN2O/c1-16-9-11-8-12(15)10-17-14(11)18-13-6-4-2-3-5-7-13/h8,10,13,16H,2-7,9H2,1H3. The lowest BCUT2D eigenvalue weighted by Gasteiger charge is -2.18. The molecule has 1 aromatic heterocycles. The molecule has 0 unspecified atom stereocenters. The molecule has 1 fully saturated rings. The van der Waals surface area contributed by atoms with Gasteiger partial charge in [0.2, 0.25) is 5.88 Å². The van der Waals surface area contributed by atoms with Crippen LogP contribution < -0.4 is 10.1 Å². The Morgan fingerprint density at radius 3 is 2.72 bits per heavy atom. The summed E-state index contributed by atoms with van der Waals surface area (Å²) < 4.78 is 19.1. The monoisotopic (exact) mass is 252 g/mol. The predicted molar refractivity (Wildman–Crippen MR) is 69.1 cm³/mol. The number of halogens is 1. The highest BCUT2D eigenvalue weighted by molar-refractivity contribution is 5.26. The topological polar surface area (TPSA) is 34.2 Å². The lowest BCUT2D eigenvalue weighted by molar-refractivity contribution is 0.173. The average molecular weight is 252 g/mol. The first-order valence-electron chi connectivity index (χ1n) is 6.75. The maximum Gasteiger partial charge on any atom is 0.218 e. The molecule has 3 nitrogen and oxygen atoms in total. The van der Waals surface area contributed by atoms with E-state index in [0.29, 0.717) is 12.4 Å². The van der Waals surface area contributed by atoms with E-state index in [1.165, 1.54) is 37.9 Å². The molecule has 0 spiro atoms. The van der Waals surface area contributed by atoms with Crippen molar-refractivity contribution in [2.45, 2.75) is 51.2 Å². The number of rotatable bonds is 4. The van der Waals surface area contributed by atoms with Crippen LogP contribution in [0.25, 0.3) is 0 Å². The second-order valence-corrected chi connectivity index (χ2v) is 4.88. The summed E-state index contributed by atoms with van der Waals surface area (Å²) in [6.45, 7) is 0.576. The van der Waals surface area contributed by atoms with E-state index in [0.717, 1.165) is 18.4 Å². The van der Waals surface area contributed by atoms with Crippen LogP contribution in [0.15, 0.2) is 12.3 Å². The van der Waals surface area contributed by atoms with Crippen LogP contribution in [0.5, 0.6) is 5.88 Å². The Hall–Kier alpha value is -1.16. The number of hydrogen-bond acceptors (Lipinski definition) is 3. The van der Waals surface area contributed by atoms with Gasteiger partial charge in [0.05, 0.1) is 6.20 Å². The van der Waals surface area contributed by atoms with Crippen LogP contribution in [0.3, 0.4) is 0 Å². The molecule has 1 aromatic rings. The van der Waals surface area contributed by atoms with Crippen molar-refractivity contribution in [1.29, 1.82) is 0 Å². The molecule has 0 bridgehead atoms. The van der Waals surface area contributed by atoms with Crippen LogP contribution in [-0.2, 0) is 6.54 Å². The van der Waals surface area contributed by atoms with E-state index in [2.05, 4.69) is 10.3 Å². The van der Waals surface area contributed by atoms with Gasteiger partial charge < -0.3 is 10.1 Å². The first-order chi connectivity index (χ1) is 8.79. The third kappa shape index (κ3) is 3.67. The molecule has 0 aliphatic heterocycles. The van der Waals surface area contributed by atoms with Gasteiger partial charge in [0, 0.05) is 12.1 Å². The summed E-state index contributed by atoms with van der Waals surface area (Å²) in [7, 11) is 1.83. The van der Waals surface area contributed by atoms with Crippen LogP contribution >= 0.6 is 0 Å². The van der Waals surface area contributed by atoms with Crippen molar-refractivity contribution in [2.75, 3.05) is 7.05 Å². The molecule has 1 N–H and O–H groups in total. The number of aromatic nitrogens is 1. The van der Waals surface area contributed by atoms with Crippen LogP contribution in [0.2, 0.25) is 0 Å². The minimum absolute atomic E-state index is 0.237. The largest absolute Gasteiger partial charge is 0.474 e. The molecule has 1 heterocycles. The van der Waals surface area contributed by atoms with Crippen molar-refractivity contribution >= 4 is 0 Å². The Morgan fingerprint density at radius 2 is 2.06 bits per heavy atom.